The molecule has 1 amide bonds. The Morgan fingerprint density at radius 1 is 1.10 bits per heavy atom. The minimum Gasteiger partial charge on any atom is -0.318 e. The molecule has 2 heterocycles. The first kappa shape index (κ1) is 20.0. The third kappa shape index (κ3) is 4.34. The number of carbonyl (C=O) groups is 1. The van der Waals surface area contributed by atoms with E-state index in [2.05, 4.69) is 62.9 Å². The number of aliphatic imine (C=N–C) groups is 1. The number of thioether (sulfide) groups is 1. The van der Waals surface area contributed by atoms with Gasteiger partial charge in [0.25, 0.3) is 5.91 Å². The van der Waals surface area contributed by atoms with Crippen LogP contribution in [0.15, 0.2) is 69.0 Å². The number of aromatic nitrogens is 1. The van der Waals surface area contributed by atoms with Crippen LogP contribution in [0, 0.1) is 13.8 Å². The zero-order chi connectivity index (χ0) is 20.5. The number of benzene rings is 2. The molecule has 1 aliphatic heterocycles. The van der Waals surface area contributed by atoms with E-state index in [0.29, 0.717) is 15.1 Å². The van der Waals surface area contributed by atoms with Crippen LogP contribution in [-0.4, -0.2) is 15.6 Å². The first-order valence-corrected chi connectivity index (χ1v) is 10.9. The summed E-state index contributed by atoms with van der Waals surface area (Å²) in [4.78, 5) is 17.5. The molecular weight excluding hydrogens is 470 g/mol. The molecule has 4 nitrogen and oxygen atoms in total. The van der Waals surface area contributed by atoms with Gasteiger partial charge in [0.2, 0.25) is 0 Å². The number of nitrogens with zero attached hydrogens (tertiary/aromatic N) is 2. The molecule has 0 bridgehead atoms. The van der Waals surface area contributed by atoms with Gasteiger partial charge in [0.05, 0.1) is 10.6 Å². The first-order valence-electron chi connectivity index (χ1n) is 8.91. The predicted molar refractivity (Wildman–Crippen MR) is 125 cm³/mol. The van der Waals surface area contributed by atoms with Gasteiger partial charge in [-0.15, -0.1) is 0 Å². The normalized spacial score (nSPS) is 16.6. The van der Waals surface area contributed by atoms with E-state index >= 15 is 0 Å². The number of amidine groups is 1. The van der Waals surface area contributed by atoms with Gasteiger partial charge in [-0.1, -0.05) is 27.5 Å². The highest BCUT2D eigenvalue weighted by Gasteiger charge is 2.24. The van der Waals surface area contributed by atoms with Gasteiger partial charge in [0.1, 0.15) is 0 Å². The number of hydrogen-bond acceptors (Lipinski definition) is 3. The van der Waals surface area contributed by atoms with Gasteiger partial charge in [0.15, 0.2) is 5.17 Å². The second-order valence-electron chi connectivity index (χ2n) is 6.60. The number of rotatable bonds is 3. The van der Waals surface area contributed by atoms with E-state index in [4.69, 9.17) is 11.6 Å². The fourth-order valence-corrected chi connectivity index (χ4v) is 4.40. The van der Waals surface area contributed by atoms with E-state index in [1.807, 2.05) is 30.3 Å². The lowest BCUT2D eigenvalue weighted by Crippen LogP contribution is -2.19. The van der Waals surface area contributed by atoms with Gasteiger partial charge < -0.3 is 9.88 Å². The van der Waals surface area contributed by atoms with Crippen molar-refractivity contribution in [1.29, 1.82) is 0 Å². The Bertz CT molecular complexity index is 1150. The maximum absolute atomic E-state index is 12.4. The summed E-state index contributed by atoms with van der Waals surface area (Å²) in [6, 6.07) is 17.4. The molecule has 1 N–H and O–H groups in total. The molecule has 29 heavy (non-hydrogen) atoms. The smallest absolute Gasteiger partial charge is 0.264 e. The molecule has 0 atom stereocenters. The van der Waals surface area contributed by atoms with Crippen molar-refractivity contribution in [2.75, 3.05) is 0 Å². The van der Waals surface area contributed by atoms with Crippen molar-refractivity contribution in [3.63, 3.8) is 0 Å². The van der Waals surface area contributed by atoms with Crippen LogP contribution in [0.4, 0.5) is 5.69 Å². The van der Waals surface area contributed by atoms with E-state index in [0.717, 1.165) is 32.8 Å². The Hall–Kier alpha value is -2.28. The van der Waals surface area contributed by atoms with Crippen LogP contribution in [0.3, 0.4) is 0 Å². The predicted octanol–water partition coefficient (Wildman–Crippen LogP) is 6.40. The van der Waals surface area contributed by atoms with Crippen LogP contribution in [-0.2, 0) is 4.79 Å². The van der Waals surface area contributed by atoms with Crippen LogP contribution in [0.1, 0.15) is 17.0 Å². The SMILES string of the molecule is Cc1cc(/C=C2\SC(=Nc3ccc(Cl)cc3)NC2=O)c(C)n1-c1ccc(Br)cc1. The quantitative estimate of drug-likeness (QED) is 0.435. The van der Waals surface area contributed by atoms with Gasteiger partial charge in [-0.2, -0.15) is 0 Å². The Kier molecular flexibility index (Phi) is 5.67. The minimum absolute atomic E-state index is 0.142. The molecule has 146 valence electrons. The van der Waals surface area contributed by atoms with Gasteiger partial charge in [0, 0.05) is 26.6 Å². The van der Waals surface area contributed by atoms with Gasteiger partial charge >= 0.3 is 0 Å². The average Bonchev–Trinajstić information content (AvgIpc) is 3.17. The molecule has 4 rings (SSSR count). The van der Waals surface area contributed by atoms with E-state index in [1.54, 1.807) is 12.1 Å². The highest BCUT2D eigenvalue weighted by molar-refractivity contribution is 9.10. The summed E-state index contributed by atoms with van der Waals surface area (Å²) in [6.45, 7) is 4.12. The monoisotopic (exact) mass is 485 g/mol. The molecule has 0 unspecified atom stereocenters. The largest absolute Gasteiger partial charge is 0.318 e. The highest BCUT2D eigenvalue weighted by atomic mass is 79.9. The van der Waals surface area contributed by atoms with Crippen LogP contribution < -0.4 is 5.32 Å². The number of aryl methyl sites for hydroxylation is 1. The lowest BCUT2D eigenvalue weighted by atomic mass is 10.2. The molecule has 3 aromatic rings. The zero-order valence-electron chi connectivity index (χ0n) is 15.7. The van der Waals surface area contributed by atoms with Crippen molar-refractivity contribution >= 4 is 62.1 Å². The van der Waals surface area contributed by atoms with Crippen molar-refractivity contribution in [2.45, 2.75) is 13.8 Å². The van der Waals surface area contributed by atoms with Crippen molar-refractivity contribution < 1.29 is 4.79 Å². The van der Waals surface area contributed by atoms with E-state index in [-0.39, 0.29) is 5.91 Å². The summed E-state index contributed by atoms with van der Waals surface area (Å²) in [5.74, 6) is -0.142. The van der Waals surface area contributed by atoms with Crippen LogP contribution >= 0.6 is 39.3 Å². The minimum atomic E-state index is -0.142. The summed E-state index contributed by atoms with van der Waals surface area (Å²) in [6.07, 6.45) is 1.92. The Balaban J connectivity index is 1.63. The number of carbonyl (C=O) groups excluding carboxylic acids is 1. The van der Waals surface area contributed by atoms with E-state index < -0.39 is 0 Å². The number of amides is 1. The molecule has 1 fully saturated rings. The summed E-state index contributed by atoms with van der Waals surface area (Å²) in [7, 11) is 0. The van der Waals surface area contributed by atoms with Gasteiger partial charge in [-0.05, 0) is 91.8 Å². The van der Waals surface area contributed by atoms with E-state index in [9.17, 15) is 4.79 Å². The topological polar surface area (TPSA) is 46.4 Å². The fraction of sp³-hybridized carbons (Fsp3) is 0.0909. The number of halogens is 2. The molecule has 7 heteroatoms. The van der Waals surface area contributed by atoms with Gasteiger partial charge in [-0.25, -0.2) is 4.99 Å². The molecule has 1 saturated heterocycles. The molecule has 0 saturated carbocycles. The second kappa shape index (κ2) is 8.22. The Morgan fingerprint density at radius 3 is 2.48 bits per heavy atom. The summed E-state index contributed by atoms with van der Waals surface area (Å²) in [5.41, 5.74) is 5.02. The summed E-state index contributed by atoms with van der Waals surface area (Å²) >= 11 is 10.7. The Labute approximate surface area is 186 Å². The third-order valence-electron chi connectivity index (χ3n) is 4.55. The standard InChI is InChI=1S/C22H17BrClN3OS/c1-13-11-15(14(2)27(13)19-9-3-16(23)4-10-19)12-20-21(28)26-22(29-20)25-18-7-5-17(24)6-8-18/h3-12H,1-2H3,(H,25,26,28)/b20-12-. The maximum atomic E-state index is 12.4. The van der Waals surface area contributed by atoms with Crippen LogP contribution in [0.25, 0.3) is 11.8 Å². The first-order chi connectivity index (χ1) is 13.9. The second-order valence-corrected chi connectivity index (χ2v) is 8.98. The fourth-order valence-electron chi connectivity index (χ4n) is 3.18. The van der Waals surface area contributed by atoms with Crippen molar-refractivity contribution in [2.24, 2.45) is 4.99 Å². The molecule has 0 aliphatic carbocycles. The summed E-state index contributed by atoms with van der Waals surface area (Å²) in [5, 5.41) is 4.04. The number of nitrogens with one attached hydrogen (secondary N) is 1. The molecule has 0 spiro atoms. The number of hydrogen-bond donors (Lipinski definition) is 1. The van der Waals surface area contributed by atoms with Crippen molar-refractivity contribution in [1.82, 2.24) is 9.88 Å². The third-order valence-corrected chi connectivity index (χ3v) is 6.24. The molecule has 2 aromatic carbocycles. The zero-order valence-corrected chi connectivity index (χ0v) is 18.9. The van der Waals surface area contributed by atoms with Crippen LogP contribution in [0.2, 0.25) is 5.02 Å². The maximum Gasteiger partial charge on any atom is 0.264 e. The van der Waals surface area contributed by atoms with Crippen LogP contribution in [0.5, 0.6) is 0 Å². The molecular formula is C22H17BrClN3OS. The Morgan fingerprint density at radius 2 is 1.79 bits per heavy atom. The molecule has 0 radical (unpaired) electrons. The lowest BCUT2D eigenvalue weighted by molar-refractivity contribution is -0.115. The molecule has 1 aromatic heterocycles. The summed E-state index contributed by atoms with van der Waals surface area (Å²) < 4.78 is 3.22. The average molecular weight is 487 g/mol. The van der Waals surface area contributed by atoms with E-state index in [1.165, 1.54) is 11.8 Å². The molecule has 1 aliphatic rings. The van der Waals surface area contributed by atoms with Gasteiger partial charge in [-0.3, -0.25) is 4.79 Å². The van der Waals surface area contributed by atoms with Crippen molar-refractivity contribution in [3.8, 4) is 5.69 Å². The highest BCUT2D eigenvalue weighted by Crippen LogP contribution is 2.31. The van der Waals surface area contributed by atoms with Crippen molar-refractivity contribution in [3.05, 3.63) is 85.9 Å². The lowest BCUT2D eigenvalue weighted by Gasteiger charge is -2.09.